The van der Waals surface area contributed by atoms with Gasteiger partial charge in [0.15, 0.2) is 0 Å². The van der Waals surface area contributed by atoms with E-state index in [1.807, 2.05) is 43.8 Å². The smallest absolute Gasteiger partial charge is 0.319 e. The van der Waals surface area contributed by atoms with Gasteiger partial charge in [-0.15, -0.1) is 0 Å². The normalized spacial score (nSPS) is 17.0. The fourth-order valence-electron chi connectivity index (χ4n) is 3.98. The van der Waals surface area contributed by atoms with Crippen LogP contribution in [0.15, 0.2) is 36.5 Å². The molecule has 28 heavy (non-hydrogen) atoms. The first-order chi connectivity index (χ1) is 13.5. The van der Waals surface area contributed by atoms with Gasteiger partial charge in [-0.3, -0.25) is 9.67 Å². The third-order valence-electron chi connectivity index (χ3n) is 5.16. The molecule has 7 heteroatoms. The Labute approximate surface area is 164 Å². The predicted octanol–water partition coefficient (Wildman–Crippen LogP) is 3.38. The monoisotopic (exact) mass is 378 g/mol. The molecule has 4 rings (SSSR count). The summed E-state index contributed by atoms with van der Waals surface area (Å²) in [4.78, 5) is 19.4. The topological polar surface area (TPSA) is 75.1 Å². The number of benzene rings is 1. The summed E-state index contributed by atoms with van der Waals surface area (Å²) in [7, 11) is 1.96. The molecule has 0 aliphatic carbocycles. The molecule has 2 amide bonds. The number of fused-ring (bicyclic) bond motifs is 1. The molecule has 1 aliphatic heterocycles. The molecule has 0 saturated carbocycles. The summed E-state index contributed by atoms with van der Waals surface area (Å²) in [5, 5.41) is 11.6. The number of pyridine rings is 1. The quantitative estimate of drug-likeness (QED) is 0.733. The van der Waals surface area contributed by atoms with Gasteiger partial charge in [0.05, 0.1) is 16.9 Å². The van der Waals surface area contributed by atoms with Gasteiger partial charge in [0.2, 0.25) is 0 Å². The maximum atomic E-state index is 12.7. The highest BCUT2D eigenvalue weighted by molar-refractivity contribution is 6.00. The van der Waals surface area contributed by atoms with Crippen molar-refractivity contribution < 1.29 is 4.79 Å². The van der Waals surface area contributed by atoms with Crippen LogP contribution in [0.2, 0.25) is 0 Å². The Morgan fingerprint density at radius 3 is 2.89 bits per heavy atom. The van der Waals surface area contributed by atoms with Crippen molar-refractivity contribution in [1.82, 2.24) is 20.1 Å². The van der Waals surface area contributed by atoms with E-state index in [0.29, 0.717) is 0 Å². The minimum atomic E-state index is -0.189. The van der Waals surface area contributed by atoms with Crippen LogP contribution in [0.4, 0.5) is 16.3 Å². The summed E-state index contributed by atoms with van der Waals surface area (Å²) < 4.78 is 1.91. The van der Waals surface area contributed by atoms with Gasteiger partial charge in [-0.05, 0) is 50.5 Å². The largest absolute Gasteiger partial charge is 0.355 e. The second kappa shape index (κ2) is 7.50. The van der Waals surface area contributed by atoms with Crippen LogP contribution in [-0.4, -0.2) is 39.9 Å². The zero-order valence-electron chi connectivity index (χ0n) is 16.6. The Morgan fingerprint density at radius 1 is 1.25 bits per heavy atom. The van der Waals surface area contributed by atoms with E-state index in [-0.39, 0.29) is 12.1 Å². The van der Waals surface area contributed by atoms with E-state index in [2.05, 4.69) is 37.7 Å². The Bertz CT molecular complexity index is 1010. The molecule has 3 heterocycles. The average Bonchev–Trinajstić information content (AvgIpc) is 3.00. The number of aromatic nitrogens is 3. The van der Waals surface area contributed by atoms with Crippen LogP contribution in [0.3, 0.4) is 0 Å². The summed E-state index contributed by atoms with van der Waals surface area (Å²) in [6, 6.07) is 9.93. The van der Waals surface area contributed by atoms with Crippen molar-refractivity contribution in [3.63, 3.8) is 0 Å². The molecule has 1 saturated heterocycles. The molecule has 2 N–H and O–H groups in total. The van der Waals surface area contributed by atoms with Crippen LogP contribution in [0.25, 0.3) is 10.9 Å². The molecule has 1 atom stereocenters. The highest BCUT2D eigenvalue weighted by Gasteiger charge is 2.23. The third-order valence-corrected chi connectivity index (χ3v) is 5.16. The van der Waals surface area contributed by atoms with Crippen LogP contribution >= 0.6 is 0 Å². The fourth-order valence-corrected chi connectivity index (χ4v) is 3.98. The van der Waals surface area contributed by atoms with Gasteiger partial charge in [-0.25, -0.2) is 4.79 Å². The average molecular weight is 378 g/mol. The minimum absolute atomic E-state index is 0.0907. The van der Waals surface area contributed by atoms with Crippen molar-refractivity contribution >= 4 is 28.4 Å². The van der Waals surface area contributed by atoms with Gasteiger partial charge < -0.3 is 15.5 Å². The van der Waals surface area contributed by atoms with Crippen molar-refractivity contribution in [3.05, 3.63) is 47.8 Å². The van der Waals surface area contributed by atoms with Gasteiger partial charge in [-0.1, -0.05) is 6.07 Å². The van der Waals surface area contributed by atoms with Crippen molar-refractivity contribution in [2.24, 2.45) is 7.05 Å². The Morgan fingerprint density at radius 2 is 2.11 bits per heavy atom. The molecular formula is C21H26N6O. The first kappa shape index (κ1) is 18.3. The Balaban J connectivity index is 1.45. The van der Waals surface area contributed by atoms with Gasteiger partial charge in [-0.2, -0.15) is 5.10 Å². The molecular weight excluding hydrogens is 352 g/mol. The Kier molecular flexibility index (Phi) is 4.90. The third kappa shape index (κ3) is 3.78. The number of nitrogens with zero attached hydrogens (tertiary/aromatic N) is 4. The van der Waals surface area contributed by atoms with Crippen LogP contribution in [0.5, 0.6) is 0 Å². The maximum Gasteiger partial charge on any atom is 0.319 e. The van der Waals surface area contributed by atoms with Gasteiger partial charge in [0.1, 0.15) is 5.82 Å². The number of hydrogen-bond donors (Lipinski definition) is 2. The van der Waals surface area contributed by atoms with Gasteiger partial charge in [0.25, 0.3) is 0 Å². The molecule has 0 bridgehead atoms. The molecule has 146 valence electrons. The molecule has 7 nitrogen and oxygen atoms in total. The molecule has 1 aromatic carbocycles. The van der Waals surface area contributed by atoms with E-state index < -0.39 is 0 Å². The molecule has 3 aromatic rings. The highest BCUT2D eigenvalue weighted by Crippen LogP contribution is 2.24. The second-order valence-electron chi connectivity index (χ2n) is 7.54. The maximum absolute atomic E-state index is 12.7. The summed E-state index contributed by atoms with van der Waals surface area (Å²) in [5.41, 5.74) is 3.64. The number of nitrogens with one attached hydrogen (secondary N) is 2. The van der Waals surface area contributed by atoms with Crippen LogP contribution in [0, 0.1) is 13.8 Å². The summed E-state index contributed by atoms with van der Waals surface area (Å²) in [6.45, 7) is 5.77. The van der Waals surface area contributed by atoms with Crippen LogP contribution < -0.4 is 15.5 Å². The van der Waals surface area contributed by atoms with E-state index in [4.69, 9.17) is 0 Å². The lowest BCUT2D eigenvalue weighted by Gasteiger charge is -2.34. The van der Waals surface area contributed by atoms with Crippen molar-refractivity contribution in [2.45, 2.75) is 32.7 Å². The SMILES string of the molecule is Cc1cc(NC(=O)NC2CCCN(c3cc(C)nn3C)C2)c2ncccc2c1. The first-order valence-corrected chi connectivity index (χ1v) is 9.68. The molecule has 1 unspecified atom stereocenters. The number of rotatable bonds is 3. The lowest BCUT2D eigenvalue weighted by molar-refractivity contribution is 0.246. The fraction of sp³-hybridized carbons (Fsp3) is 0.381. The number of piperidine rings is 1. The van der Waals surface area contributed by atoms with Gasteiger partial charge in [0, 0.05) is 43.8 Å². The van der Waals surface area contributed by atoms with E-state index in [0.717, 1.165) is 59.6 Å². The van der Waals surface area contributed by atoms with Crippen molar-refractivity contribution in [2.75, 3.05) is 23.3 Å². The van der Waals surface area contributed by atoms with E-state index in [1.54, 1.807) is 6.20 Å². The van der Waals surface area contributed by atoms with Crippen molar-refractivity contribution in [1.29, 1.82) is 0 Å². The zero-order chi connectivity index (χ0) is 19.7. The van der Waals surface area contributed by atoms with Gasteiger partial charge >= 0.3 is 6.03 Å². The van der Waals surface area contributed by atoms with E-state index >= 15 is 0 Å². The molecule has 0 spiro atoms. The predicted molar refractivity (Wildman–Crippen MR) is 112 cm³/mol. The molecule has 0 radical (unpaired) electrons. The molecule has 1 fully saturated rings. The highest BCUT2D eigenvalue weighted by atomic mass is 16.2. The number of carbonyl (C=O) groups is 1. The van der Waals surface area contributed by atoms with Crippen LogP contribution in [-0.2, 0) is 7.05 Å². The number of anilines is 2. The minimum Gasteiger partial charge on any atom is -0.355 e. The Hall–Kier alpha value is -3.09. The second-order valence-corrected chi connectivity index (χ2v) is 7.54. The lowest BCUT2D eigenvalue weighted by atomic mass is 10.1. The molecule has 2 aromatic heterocycles. The zero-order valence-corrected chi connectivity index (χ0v) is 16.6. The standard InChI is InChI=1S/C21H26N6O/c1-14-10-16-6-4-8-22-20(16)18(11-14)24-21(28)23-17-7-5-9-27(13-17)19-12-15(2)25-26(19)3/h4,6,8,10-12,17H,5,7,9,13H2,1-3H3,(H2,23,24,28). The number of hydrogen-bond acceptors (Lipinski definition) is 4. The summed E-state index contributed by atoms with van der Waals surface area (Å²) >= 11 is 0. The number of amides is 2. The van der Waals surface area contributed by atoms with E-state index in [9.17, 15) is 4.79 Å². The summed E-state index contributed by atoms with van der Waals surface area (Å²) in [6.07, 6.45) is 3.74. The number of aryl methyl sites for hydroxylation is 3. The number of carbonyl (C=O) groups excluding carboxylic acids is 1. The number of urea groups is 1. The summed E-state index contributed by atoms with van der Waals surface area (Å²) in [5.74, 6) is 1.10. The first-order valence-electron chi connectivity index (χ1n) is 9.68. The van der Waals surface area contributed by atoms with Crippen LogP contribution in [0.1, 0.15) is 24.1 Å². The van der Waals surface area contributed by atoms with Crippen molar-refractivity contribution in [3.8, 4) is 0 Å². The van der Waals surface area contributed by atoms with E-state index in [1.165, 1.54) is 0 Å². The lowest BCUT2D eigenvalue weighted by Crippen LogP contribution is -2.49. The molecule has 1 aliphatic rings.